The van der Waals surface area contributed by atoms with Gasteiger partial charge in [-0.2, -0.15) is 0 Å². The molecule has 184 valence electrons. The summed E-state index contributed by atoms with van der Waals surface area (Å²) >= 11 is 6.28. The predicted octanol–water partition coefficient (Wildman–Crippen LogP) is 4.65. The van der Waals surface area contributed by atoms with E-state index in [-0.39, 0.29) is 35.6 Å². The smallest absolute Gasteiger partial charge is 0.264 e. The van der Waals surface area contributed by atoms with Crippen LogP contribution in [-0.4, -0.2) is 30.9 Å². The van der Waals surface area contributed by atoms with Crippen LogP contribution in [0.4, 0.5) is 0 Å². The van der Waals surface area contributed by atoms with Crippen molar-refractivity contribution in [2.75, 3.05) is 6.26 Å². The number of ketones is 1. The minimum atomic E-state index is -3.70. The van der Waals surface area contributed by atoms with Gasteiger partial charge in [0.25, 0.3) is 11.5 Å². The Morgan fingerprint density at radius 1 is 0.944 bits per heavy atom. The van der Waals surface area contributed by atoms with E-state index < -0.39 is 15.9 Å². The number of halogens is 1. The molecule has 3 aromatic carbocycles. The number of nitrogens with one attached hydrogen (secondary N) is 1. The molecule has 7 nitrogen and oxygen atoms in total. The highest BCUT2D eigenvalue weighted by Crippen LogP contribution is 2.33. The Kier molecular flexibility index (Phi) is 7.10. The van der Waals surface area contributed by atoms with Crippen LogP contribution in [0.2, 0.25) is 5.02 Å². The lowest BCUT2D eigenvalue weighted by molar-refractivity contribution is 0.0972. The van der Waals surface area contributed by atoms with Gasteiger partial charge in [0.1, 0.15) is 0 Å². The van der Waals surface area contributed by atoms with Crippen molar-refractivity contribution < 1.29 is 18.0 Å². The fourth-order valence-corrected chi connectivity index (χ4v) is 4.72. The van der Waals surface area contributed by atoms with Crippen LogP contribution in [0.25, 0.3) is 21.9 Å². The molecule has 1 aromatic heterocycles. The summed E-state index contributed by atoms with van der Waals surface area (Å²) in [4.78, 5) is 39.1. The van der Waals surface area contributed by atoms with Gasteiger partial charge >= 0.3 is 0 Å². The summed E-state index contributed by atoms with van der Waals surface area (Å²) in [6.07, 6.45) is 1.09. The van der Waals surface area contributed by atoms with E-state index in [0.717, 1.165) is 11.8 Å². The van der Waals surface area contributed by atoms with Crippen molar-refractivity contribution in [1.82, 2.24) is 9.29 Å². The Morgan fingerprint density at radius 2 is 1.61 bits per heavy atom. The molecule has 0 aliphatic rings. The van der Waals surface area contributed by atoms with E-state index in [4.69, 9.17) is 11.6 Å². The molecule has 0 fully saturated rings. The van der Waals surface area contributed by atoms with Crippen LogP contribution in [0.5, 0.6) is 0 Å². The maximum atomic E-state index is 13.6. The van der Waals surface area contributed by atoms with E-state index in [1.807, 2.05) is 35.1 Å². The predicted molar refractivity (Wildman–Crippen MR) is 141 cm³/mol. The maximum absolute atomic E-state index is 13.6. The summed E-state index contributed by atoms with van der Waals surface area (Å²) in [6.45, 7) is 1.82. The average molecular weight is 523 g/mol. The lowest BCUT2D eigenvalue weighted by atomic mass is 9.94. The molecule has 0 aliphatic carbocycles. The first-order chi connectivity index (χ1) is 17.1. The van der Waals surface area contributed by atoms with Gasteiger partial charge in [-0.3, -0.25) is 19.0 Å². The van der Waals surface area contributed by atoms with Crippen molar-refractivity contribution in [3.63, 3.8) is 0 Å². The molecule has 9 heteroatoms. The number of aromatic nitrogens is 1. The van der Waals surface area contributed by atoms with Crippen molar-refractivity contribution in [3.8, 4) is 11.1 Å². The highest BCUT2D eigenvalue weighted by Gasteiger charge is 2.23. The number of hydrogen-bond donors (Lipinski definition) is 1. The molecule has 0 saturated heterocycles. The molecule has 0 unspecified atom stereocenters. The number of amides is 1. The molecule has 1 amide bonds. The Hall–Kier alpha value is -3.75. The summed E-state index contributed by atoms with van der Waals surface area (Å²) in [5.41, 5.74) is 2.16. The monoisotopic (exact) mass is 522 g/mol. The van der Waals surface area contributed by atoms with Crippen LogP contribution >= 0.6 is 11.6 Å². The number of pyridine rings is 1. The molecule has 4 aromatic rings. The highest BCUT2D eigenvalue weighted by molar-refractivity contribution is 7.89. The van der Waals surface area contributed by atoms with Gasteiger partial charge in [0.2, 0.25) is 10.0 Å². The summed E-state index contributed by atoms with van der Waals surface area (Å²) in [5, 5.41) is 1.48. The second-order valence-corrected chi connectivity index (χ2v) is 10.5. The molecule has 1 N–H and O–H groups in total. The van der Waals surface area contributed by atoms with Gasteiger partial charge < -0.3 is 0 Å². The molecule has 0 aliphatic heterocycles. The Morgan fingerprint density at radius 3 is 2.22 bits per heavy atom. The fraction of sp³-hybridized carbons (Fsp3) is 0.148. The number of rotatable bonds is 7. The minimum absolute atomic E-state index is 0.0757. The van der Waals surface area contributed by atoms with Crippen LogP contribution < -0.4 is 10.3 Å². The number of carbonyl (C=O) groups excluding carboxylic acids is 2. The SMILES string of the molecule is CCC(=O)c1c(-c2ccccc2)c2cc(Cl)ccc2c(=O)n1Cc1ccc(C(=O)NS(C)(=O)=O)cc1. The summed E-state index contributed by atoms with van der Waals surface area (Å²) in [7, 11) is -3.70. The number of hydrogen-bond acceptors (Lipinski definition) is 5. The quantitative estimate of drug-likeness (QED) is 0.356. The third kappa shape index (κ3) is 5.24. The van der Waals surface area contributed by atoms with Gasteiger partial charge in [0.05, 0.1) is 18.5 Å². The fourth-order valence-electron chi connectivity index (χ4n) is 4.10. The minimum Gasteiger partial charge on any atom is -0.300 e. The first-order valence-corrected chi connectivity index (χ1v) is 13.4. The number of Topliss-reactive ketones (excluding diaryl/α,β-unsaturated/α-hetero) is 1. The standard InChI is InChI=1S/C27H23ClN2O5S/c1-3-23(31)25-24(18-7-5-4-6-8-18)22-15-20(28)13-14-21(22)27(33)30(25)16-17-9-11-19(12-10-17)26(32)29-36(2,34)35/h4-15H,3,16H2,1-2H3,(H,29,32). The molecule has 4 rings (SSSR count). The Labute approximate surface area is 213 Å². The molecular weight excluding hydrogens is 500 g/mol. The van der Waals surface area contributed by atoms with E-state index in [1.165, 1.54) is 16.7 Å². The van der Waals surface area contributed by atoms with E-state index in [2.05, 4.69) is 0 Å². The number of benzene rings is 3. The normalized spacial score (nSPS) is 11.4. The summed E-state index contributed by atoms with van der Waals surface area (Å²) < 4.78 is 26.1. The molecule has 0 spiro atoms. The number of sulfonamides is 1. The average Bonchev–Trinajstić information content (AvgIpc) is 2.84. The molecule has 36 heavy (non-hydrogen) atoms. The van der Waals surface area contributed by atoms with E-state index in [0.29, 0.717) is 26.9 Å². The lowest BCUT2D eigenvalue weighted by Gasteiger charge is -2.19. The molecule has 0 saturated carbocycles. The highest BCUT2D eigenvalue weighted by atomic mass is 35.5. The van der Waals surface area contributed by atoms with E-state index in [9.17, 15) is 22.8 Å². The van der Waals surface area contributed by atoms with Crippen LogP contribution in [0.15, 0.2) is 77.6 Å². The third-order valence-corrected chi connectivity index (χ3v) is 6.51. The zero-order chi connectivity index (χ0) is 26.0. The van der Waals surface area contributed by atoms with Crippen molar-refractivity contribution in [1.29, 1.82) is 0 Å². The Balaban J connectivity index is 1.91. The molecule has 1 heterocycles. The molecular formula is C27H23ClN2O5S. The first kappa shape index (κ1) is 25.3. The van der Waals surface area contributed by atoms with Crippen molar-refractivity contribution >= 4 is 44.1 Å². The second kappa shape index (κ2) is 10.1. The topological polar surface area (TPSA) is 102 Å². The van der Waals surface area contributed by atoms with Gasteiger partial charge in [-0.25, -0.2) is 13.1 Å². The molecule has 0 atom stereocenters. The summed E-state index contributed by atoms with van der Waals surface area (Å²) in [6, 6.07) is 20.5. The van der Waals surface area contributed by atoms with Crippen molar-refractivity contribution in [2.24, 2.45) is 0 Å². The maximum Gasteiger partial charge on any atom is 0.264 e. The molecule has 0 bridgehead atoms. The van der Waals surface area contributed by atoms with Gasteiger partial charge in [-0.1, -0.05) is 61.0 Å². The van der Waals surface area contributed by atoms with E-state index >= 15 is 0 Å². The number of nitrogens with zero attached hydrogens (tertiary/aromatic N) is 1. The number of fused-ring (bicyclic) bond motifs is 1. The second-order valence-electron chi connectivity index (χ2n) is 8.35. The van der Waals surface area contributed by atoms with Gasteiger partial charge in [0.15, 0.2) is 5.78 Å². The van der Waals surface area contributed by atoms with Gasteiger partial charge in [-0.05, 0) is 46.8 Å². The van der Waals surface area contributed by atoms with Crippen molar-refractivity contribution in [2.45, 2.75) is 19.9 Å². The first-order valence-electron chi connectivity index (χ1n) is 11.1. The number of carbonyl (C=O) groups is 2. The van der Waals surface area contributed by atoms with E-state index in [1.54, 1.807) is 37.3 Å². The van der Waals surface area contributed by atoms with Crippen LogP contribution in [0, 0.1) is 0 Å². The largest absolute Gasteiger partial charge is 0.300 e. The molecule has 0 radical (unpaired) electrons. The third-order valence-electron chi connectivity index (χ3n) is 5.72. The van der Waals surface area contributed by atoms with Crippen molar-refractivity contribution in [3.05, 3.63) is 105 Å². The van der Waals surface area contributed by atoms with Crippen LogP contribution in [0.1, 0.15) is 39.8 Å². The van der Waals surface area contributed by atoms with Crippen LogP contribution in [-0.2, 0) is 16.6 Å². The zero-order valence-corrected chi connectivity index (χ0v) is 21.2. The summed E-state index contributed by atoms with van der Waals surface area (Å²) in [5.74, 6) is -0.950. The van der Waals surface area contributed by atoms with Gasteiger partial charge in [-0.15, -0.1) is 0 Å². The zero-order valence-electron chi connectivity index (χ0n) is 19.6. The van der Waals surface area contributed by atoms with Gasteiger partial charge in [0, 0.05) is 28.0 Å². The Bertz CT molecular complexity index is 1640. The van der Waals surface area contributed by atoms with Crippen LogP contribution in [0.3, 0.4) is 0 Å². The lowest BCUT2D eigenvalue weighted by Crippen LogP contribution is -2.29.